The second kappa shape index (κ2) is 11.3. The molecule has 0 heterocycles. The van der Waals surface area contributed by atoms with Gasteiger partial charge in [-0.2, -0.15) is 0 Å². The Labute approximate surface area is 160 Å². The number of hydrogen-bond acceptors (Lipinski definition) is 1. The summed E-state index contributed by atoms with van der Waals surface area (Å²) in [6, 6.07) is 21.8. The van der Waals surface area contributed by atoms with Gasteiger partial charge in [-0.3, -0.25) is 0 Å². The monoisotopic (exact) mass is 359 g/mol. The van der Waals surface area contributed by atoms with Gasteiger partial charge in [0.2, 0.25) is 0 Å². The molecule has 2 aromatic carbocycles. The Balaban J connectivity index is 0.00000312. The summed E-state index contributed by atoms with van der Waals surface area (Å²) in [5.41, 5.74) is 9.45. The molecule has 2 aromatic rings. The van der Waals surface area contributed by atoms with Crippen molar-refractivity contribution in [2.75, 3.05) is 0 Å². The maximum absolute atomic E-state index is 6.84. The molecule has 0 aliphatic rings. The number of rotatable bonds is 10. The molecule has 0 amide bonds. The van der Waals surface area contributed by atoms with Crippen LogP contribution in [0.5, 0.6) is 0 Å². The van der Waals surface area contributed by atoms with Crippen LogP contribution >= 0.6 is 12.4 Å². The molecule has 1 atom stereocenters. The molecule has 0 aromatic heterocycles. The van der Waals surface area contributed by atoms with Crippen molar-refractivity contribution < 1.29 is 0 Å². The van der Waals surface area contributed by atoms with E-state index < -0.39 is 0 Å². The smallest absolute Gasteiger partial charge is 0.0351 e. The summed E-state index contributed by atoms with van der Waals surface area (Å²) in [5.74, 6) is 0. The van der Waals surface area contributed by atoms with Crippen LogP contribution in [0.1, 0.15) is 69.9 Å². The molecule has 0 saturated carbocycles. The molecular formula is C23H34ClN. The summed E-state index contributed by atoms with van der Waals surface area (Å²) in [5, 5.41) is 0. The molecule has 0 radical (unpaired) electrons. The number of benzene rings is 2. The van der Waals surface area contributed by atoms with Gasteiger partial charge in [0.25, 0.3) is 0 Å². The van der Waals surface area contributed by atoms with E-state index in [0.29, 0.717) is 0 Å². The van der Waals surface area contributed by atoms with Gasteiger partial charge in [0.05, 0.1) is 0 Å². The fraction of sp³-hybridized carbons (Fsp3) is 0.478. The van der Waals surface area contributed by atoms with Gasteiger partial charge in [-0.15, -0.1) is 12.4 Å². The molecule has 0 saturated heterocycles. The zero-order chi connectivity index (χ0) is 17.3. The zero-order valence-electron chi connectivity index (χ0n) is 15.8. The van der Waals surface area contributed by atoms with E-state index in [2.05, 4.69) is 74.5 Å². The maximum Gasteiger partial charge on any atom is 0.0351 e. The summed E-state index contributed by atoms with van der Waals surface area (Å²) in [6.45, 7) is 4.54. The summed E-state index contributed by atoms with van der Waals surface area (Å²) in [7, 11) is 0. The Morgan fingerprint density at radius 1 is 0.760 bits per heavy atom. The van der Waals surface area contributed by atoms with Crippen molar-refractivity contribution in [2.24, 2.45) is 5.73 Å². The molecule has 138 valence electrons. The fourth-order valence-electron chi connectivity index (χ4n) is 3.95. The van der Waals surface area contributed by atoms with Gasteiger partial charge < -0.3 is 5.73 Å². The molecule has 2 heteroatoms. The van der Waals surface area contributed by atoms with Crippen LogP contribution in [0.3, 0.4) is 0 Å². The second-order valence-corrected chi connectivity index (χ2v) is 6.87. The van der Waals surface area contributed by atoms with Crippen LogP contribution in [0.15, 0.2) is 60.7 Å². The summed E-state index contributed by atoms with van der Waals surface area (Å²) in [6.07, 6.45) is 8.59. The highest BCUT2D eigenvalue weighted by Crippen LogP contribution is 2.39. The van der Waals surface area contributed by atoms with E-state index >= 15 is 0 Å². The lowest BCUT2D eigenvalue weighted by Crippen LogP contribution is -2.46. The van der Waals surface area contributed by atoms with E-state index in [9.17, 15) is 0 Å². The molecule has 0 bridgehead atoms. The fourth-order valence-corrected chi connectivity index (χ4v) is 3.95. The molecule has 1 unspecified atom stereocenters. The average Bonchev–Trinajstić information content (AvgIpc) is 2.64. The molecule has 2 N–H and O–H groups in total. The zero-order valence-corrected chi connectivity index (χ0v) is 16.6. The van der Waals surface area contributed by atoms with Gasteiger partial charge in [-0.05, 0) is 24.0 Å². The van der Waals surface area contributed by atoms with Gasteiger partial charge in [0.1, 0.15) is 0 Å². The lowest BCUT2D eigenvalue weighted by atomic mass is 9.66. The van der Waals surface area contributed by atoms with Crippen LogP contribution < -0.4 is 5.73 Å². The lowest BCUT2D eigenvalue weighted by molar-refractivity contribution is 0.363. The number of hydrogen-bond donors (Lipinski definition) is 1. The molecular weight excluding hydrogens is 326 g/mol. The van der Waals surface area contributed by atoms with Crippen molar-refractivity contribution in [2.45, 2.75) is 70.3 Å². The van der Waals surface area contributed by atoms with E-state index in [0.717, 1.165) is 12.8 Å². The highest BCUT2D eigenvalue weighted by Gasteiger charge is 2.38. The number of unbranched alkanes of at least 4 members (excludes halogenated alkanes) is 4. The molecule has 0 aliphatic heterocycles. The molecule has 0 fully saturated rings. The first-order valence-electron chi connectivity index (χ1n) is 9.62. The minimum atomic E-state index is -0.0900. The van der Waals surface area contributed by atoms with Crippen molar-refractivity contribution in [3.05, 3.63) is 71.8 Å². The Bertz CT molecular complexity index is 528. The van der Waals surface area contributed by atoms with Gasteiger partial charge >= 0.3 is 0 Å². The maximum atomic E-state index is 6.84. The van der Waals surface area contributed by atoms with Gasteiger partial charge in [0, 0.05) is 11.5 Å². The van der Waals surface area contributed by atoms with E-state index in [1.807, 2.05) is 0 Å². The Kier molecular flexibility index (Phi) is 9.85. The van der Waals surface area contributed by atoms with E-state index in [1.54, 1.807) is 0 Å². The molecule has 0 spiro atoms. The Morgan fingerprint density at radius 3 is 1.68 bits per heavy atom. The number of nitrogens with two attached hydrogens (primary N) is 1. The summed E-state index contributed by atoms with van der Waals surface area (Å²) < 4.78 is 0. The second-order valence-electron chi connectivity index (χ2n) is 6.87. The van der Waals surface area contributed by atoms with Crippen LogP contribution in [0.2, 0.25) is 0 Å². The van der Waals surface area contributed by atoms with Crippen molar-refractivity contribution in [1.82, 2.24) is 0 Å². The Morgan fingerprint density at radius 2 is 1.24 bits per heavy atom. The molecule has 25 heavy (non-hydrogen) atoms. The van der Waals surface area contributed by atoms with E-state index in [-0.39, 0.29) is 23.9 Å². The van der Waals surface area contributed by atoms with Gasteiger partial charge in [-0.25, -0.2) is 0 Å². The Hall–Kier alpha value is -1.31. The highest BCUT2D eigenvalue weighted by atomic mass is 35.5. The van der Waals surface area contributed by atoms with Crippen molar-refractivity contribution in [3.63, 3.8) is 0 Å². The summed E-state index contributed by atoms with van der Waals surface area (Å²) in [4.78, 5) is 0. The van der Waals surface area contributed by atoms with Crippen LogP contribution in [0.25, 0.3) is 0 Å². The third-order valence-electron chi connectivity index (χ3n) is 5.39. The van der Waals surface area contributed by atoms with Crippen LogP contribution in [0, 0.1) is 0 Å². The van der Waals surface area contributed by atoms with E-state index in [1.165, 1.54) is 43.2 Å². The standard InChI is InChI=1S/C23H33N.ClH/c1-3-5-6-7-14-19-22(24)23(4-2,20-15-10-8-11-16-20)21-17-12-9-13-18-21;/h8-13,15-18,22H,3-7,14,19,24H2,1-2H3;1H. The minimum Gasteiger partial charge on any atom is -0.327 e. The third kappa shape index (κ3) is 5.33. The third-order valence-corrected chi connectivity index (χ3v) is 5.39. The van der Waals surface area contributed by atoms with Crippen molar-refractivity contribution in [1.29, 1.82) is 0 Å². The first-order valence-corrected chi connectivity index (χ1v) is 9.62. The predicted molar refractivity (Wildman–Crippen MR) is 113 cm³/mol. The van der Waals surface area contributed by atoms with Crippen LogP contribution in [-0.2, 0) is 5.41 Å². The van der Waals surface area contributed by atoms with Crippen molar-refractivity contribution in [3.8, 4) is 0 Å². The lowest BCUT2D eigenvalue weighted by Gasteiger charge is -2.40. The normalized spacial score (nSPS) is 12.4. The molecule has 0 aliphatic carbocycles. The topological polar surface area (TPSA) is 26.0 Å². The average molecular weight is 360 g/mol. The van der Waals surface area contributed by atoms with E-state index in [4.69, 9.17) is 5.73 Å². The van der Waals surface area contributed by atoms with Crippen LogP contribution in [-0.4, -0.2) is 6.04 Å². The number of halogens is 1. The molecule has 2 rings (SSSR count). The van der Waals surface area contributed by atoms with Gasteiger partial charge in [0.15, 0.2) is 0 Å². The van der Waals surface area contributed by atoms with Crippen LogP contribution in [0.4, 0.5) is 0 Å². The summed E-state index contributed by atoms with van der Waals surface area (Å²) >= 11 is 0. The minimum absolute atomic E-state index is 0. The first-order chi connectivity index (χ1) is 11.8. The predicted octanol–water partition coefficient (Wildman–Crippen LogP) is 6.49. The largest absolute Gasteiger partial charge is 0.327 e. The SMILES string of the molecule is CCCCCCCC(N)C(CC)(c1ccccc1)c1ccccc1.Cl. The van der Waals surface area contributed by atoms with Gasteiger partial charge in [-0.1, -0.05) is 107 Å². The molecule has 1 nitrogen and oxygen atoms in total. The quantitative estimate of drug-likeness (QED) is 0.482. The highest BCUT2D eigenvalue weighted by molar-refractivity contribution is 5.85. The first kappa shape index (κ1) is 21.7. The van der Waals surface area contributed by atoms with Crippen molar-refractivity contribution >= 4 is 12.4 Å².